The summed E-state index contributed by atoms with van der Waals surface area (Å²) in [5, 5.41) is 0. The van der Waals surface area contributed by atoms with Gasteiger partial charge in [-0.2, -0.15) is 18.2 Å². The molecule has 2 rings (SSSR count). The molecule has 24 heavy (non-hydrogen) atoms. The van der Waals surface area contributed by atoms with Crippen molar-refractivity contribution in [1.29, 1.82) is 0 Å². The van der Waals surface area contributed by atoms with Crippen molar-refractivity contribution in [2.24, 2.45) is 27.2 Å². The van der Waals surface area contributed by atoms with Crippen LogP contribution < -0.4 is 21.9 Å². The SMILES string of the molecule is NC(N)=NC(N)=Nc1ccc(Oc2cccc(C(F)(F)F)c2)cc1. The number of alkyl halides is 3. The molecule has 9 heteroatoms. The predicted octanol–water partition coefficient (Wildman–Crippen LogP) is 2.72. The number of nitrogens with zero attached hydrogens (tertiary/aromatic N) is 2. The summed E-state index contributed by atoms with van der Waals surface area (Å²) in [6, 6.07) is 10.8. The highest BCUT2D eigenvalue weighted by atomic mass is 19.4. The van der Waals surface area contributed by atoms with E-state index in [1.54, 1.807) is 12.1 Å². The van der Waals surface area contributed by atoms with Crippen LogP contribution in [-0.2, 0) is 6.18 Å². The Morgan fingerprint density at radius 2 is 1.58 bits per heavy atom. The van der Waals surface area contributed by atoms with Gasteiger partial charge < -0.3 is 21.9 Å². The topological polar surface area (TPSA) is 112 Å². The normalized spacial score (nSPS) is 11.9. The molecule has 2 aromatic carbocycles. The van der Waals surface area contributed by atoms with Crippen molar-refractivity contribution in [2.75, 3.05) is 0 Å². The molecule has 0 bridgehead atoms. The van der Waals surface area contributed by atoms with E-state index in [4.69, 9.17) is 21.9 Å². The van der Waals surface area contributed by atoms with Crippen molar-refractivity contribution in [3.05, 3.63) is 54.1 Å². The fourth-order valence-electron chi connectivity index (χ4n) is 1.75. The number of rotatable bonds is 3. The molecule has 0 spiro atoms. The second-order valence-electron chi connectivity index (χ2n) is 4.63. The van der Waals surface area contributed by atoms with E-state index in [2.05, 4.69) is 9.98 Å². The fraction of sp³-hybridized carbons (Fsp3) is 0.0667. The maximum Gasteiger partial charge on any atom is 0.416 e. The number of halogens is 3. The van der Waals surface area contributed by atoms with E-state index in [1.165, 1.54) is 24.3 Å². The van der Waals surface area contributed by atoms with E-state index in [-0.39, 0.29) is 17.7 Å². The Hall–Kier alpha value is -3.23. The van der Waals surface area contributed by atoms with Gasteiger partial charge in [-0.3, -0.25) is 0 Å². The molecule has 0 saturated heterocycles. The van der Waals surface area contributed by atoms with Crippen LogP contribution >= 0.6 is 0 Å². The van der Waals surface area contributed by atoms with Gasteiger partial charge in [0.15, 0.2) is 5.96 Å². The number of guanidine groups is 2. The lowest BCUT2D eigenvalue weighted by Gasteiger charge is -2.10. The van der Waals surface area contributed by atoms with Crippen LogP contribution in [0, 0.1) is 0 Å². The van der Waals surface area contributed by atoms with E-state index in [0.29, 0.717) is 11.4 Å². The molecule has 6 nitrogen and oxygen atoms in total. The number of nitrogens with two attached hydrogens (primary N) is 3. The van der Waals surface area contributed by atoms with Crippen LogP contribution in [0.25, 0.3) is 0 Å². The van der Waals surface area contributed by atoms with E-state index in [9.17, 15) is 13.2 Å². The largest absolute Gasteiger partial charge is 0.457 e. The van der Waals surface area contributed by atoms with Crippen molar-refractivity contribution in [1.82, 2.24) is 0 Å². The third-order valence-electron chi connectivity index (χ3n) is 2.72. The molecule has 0 radical (unpaired) electrons. The average Bonchev–Trinajstić information content (AvgIpc) is 2.48. The van der Waals surface area contributed by atoms with Crippen LogP contribution in [0.4, 0.5) is 18.9 Å². The molecule has 0 saturated carbocycles. The summed E-state index contributed by atoms with van der Waals surface area (Å²) in [5.74, 6) is 0.0667. The summed E-state index contributed by atoms with van der Waals surface area (Å²) in [6.45, 7) is 0. The quantitative estimate of drug-likeness (QED) is 0.590. The maximum atomic E-state index is 12.7. The van der Waals surface area contributed by atoms with Gasteiger partial charge in [0, 0.05) is 0 Å². The standard InChI is InChI=1S/C15H14F3N5O/c16-15(17,18)9-2-1-3-12(8-9)24-11-6-4-10(5-7-11)22-14(21)23-13(19)20/h1-8H,(H6,19,20,21,22,23). The Kier molecular flexibility index (Phi) is 4.93. The molecule has 0 unspecified atom stereocenters. The number of ether oxygens (including phenoxy) is 1. The summed E-state index contributed by atoms with van der Waals surface area (Å²) in [6.07, 6.45) is -4.43. The van der Waals surface area contributed by atoms with Crippen molar-refractivity contribution < 1.29 is 17.9 Å². The molecule has 0 heterocycles. The monoisotopic (exact) mass is 337 g/mol. The average molecular weight is 337 g/mol. The van der Waals surface area contributed by atoms with Crippen LogP contribution in [0.2, 0.25) is 0 Å². The van der Waals surface area contributed by atoms with Crippen LogP contribution in [0.5, 0.6) is 11.5 Å². The lowest BCUT2D eigenvalue weighted by molar-refractivity contribution is -0.137. The molecule has 0 aliphatic heterocycles. The van der Waals surface area contributed by atoms with Crippen LogP contribution in [0.15, 0.2) is 58.5 Å². The zero-order chi connectivity index (χ0) is 17.7. The fourth-order valence-corrected chi connectivity index (χ4v) is 1.75. The Labute approximate surface area is 135 Å². The Balaban J connectivity index is 2.14. The van der Waals surface area contributed by atoms with Crippen LogP contribution in [0.1, 0.15) is 5.56 Å². The first-order valence-electron chi connectivity index (χ1n) is 6.63. The summed E-state index contributed by atoms with van der Waals surface area (Å²) in [4.78, 5) is 7.49. The highest BCUT2D eigenvalue weighted by Crippen LogP contribution is 2.32. The third kappa shape index (κ3) is 4.90. The molecule has 0 aromatic heterocycles. The van der Waals surface area contributed by atoms with E-state index < -0.39 is 11.7 Å². The van der Waals surface area contributed by atoms with Gasteiger partial charge in [-0.25, -0.2) is 4.99 Å². The Morgan fingerprint density at radius 1 is 0.917 bits per heavy atom. The lowest BCUT2D eigenvalue weighted by atomic mass is 10.2. The minimum absolute atomic E-state index is 0.0705. The minimum Gasteiger partial charge on any atom is -0.457 e. The van der Waals surface area contributed by atoms with E-state index in [1.807, 2.05) is 0 Å². The van der Waals surface area contributed by atoms with Crippen LogP contribution in [0.3, 0.4) is 0 Å². The van der Waals surface area contributed by atoms with Crippen molar-refractivity contribution >= 4 is 17.6 Å². The molecule has 0 aliphatic rings. The molecular formula is C15H14F3N5O. The number of aliphatic imine (C=N–C) groups is 2. The Morgan fingerprint density at radius 3 is 2.17 bits per heavy atom. The van der Waals surface area contributed by atoms with Gasteiger partial charge >= 0.3 is 6.18 Å². The highest BCUT2D eigenvalue weighted by molar-refractivity contribution is 5.93. The van der Waals surface area contributed by atoms with Gasteiger partial charge in [-0.1, -0.05) is 6.07 Å². The van der Waals surface area contributed by atoms with Gasteiger partial charge in [-0.05, 0) is 42.5 Å². The molecule has 0 atom stereocenters. The molecule has 6 N–H and O–H groups in total. The summed E-state index contributed by atoms with van der Waals surface area (Å²) in [7, 11) is 0. The van der Waals surface area contributed by atoms with Crippen molar-refractivity contribution in [3.8, 4) is 11.5 Å². The van der Waals surface area contributed by atoms with Crippen LogP contribution in [-0.4, -0.2) is 11.9 Å². The molecule has 0 fully saturated rings. The summed E-state index contributed by atoms with van der Waals surface area (Å²) >= 11 is 0. The summed E-state index contributed by atoms with van der Waals surface area (Å²) < 4.78 is 43.4. The summed E-state index contributed by atoms with van der Waals surface area (Å²) in [5.41, 5.74) is 15.5. The van der Waals surface area contributed by atoms with Crippen molar-refractivity contribution in [2.45, 2.75) is 6.18 Å². The molecular weight excluding hydrogens is 323 g/mol. The van der Waals surface area contributed by atoms with Gasteiger partial charge in [0.05, 0.1) is 11.3 Å². The maximum absolute atomic E-state index is 12.7. The first kappa shape index (κ1) is 17.1. The van der Waals surface area contributed by atoms with Gasteiger partial charge in [-0.15, -0.1) is 0 Å². The smallest absolute Gasteiger partial charge is 0.416 e. The predicted molar refractivity (Wildman–Crippen MR) is 85.1 cm³/mol. The number of benzene rings is 2. The Bertz CT molecular complexity index is 765. The van der Waals surface area contributed by atoms with Gasteiger partial charge in [0.2, 0.25) is 5.96 Å². The van der Waals surface area contributed by atoms with E-state index >= 15 is 0 Å². The first-order valence-corrected chi connectivity index (χ1v) is 6.63. The second-order valence-corrected chi connectivity index (χ2v) is 4.63. The molecule has 126 valence electrons. The zero-order valence-electron chi connectivity index (χ0n) is 12.3. The molecule has 0 aliphatic carbocycles. The van der Waals surface area contributed by atoms with E-state index in [0.717, 1.165) is 12.1 Å². The lowest BCUT2D eigenvalue weighted by Crippen LogP contribution is -2.26. The first-order chi connectivity index (χ1) is 11.2. The zero-order valence-corrected chi connectivity index (χ0v) is 12.3. The van der Waals surface area contributed by atoms with Crippen molar-refractivity contribution in [3.63, 3.8) is 0 Å². The van der Waals surface area contributed by atoms with Gasteiger partial charge in [0.25, 0.3) is 0 Å². The molecule has 0 amide bonds. The number of hydrogen-bond acceptors (Lipinski definition) is 2. The highest BCUT2D eigenvalue weighted by Gasteiger charge is 2.30. The third-order valence-corrected chi connectivity index (χ3v) is 2.72. The van der Waals surface area contributed by atoms with Gasteiger partial charge in [0.1, 0.15) is 11.5 Å². The molecule has 2 aromatic rings. The number of hydrogen-bond donors (Lipinski definition) is 3. The second kappa shape index (κ2) is 6.90. The minimum atomic E-state index is -4.43.